The summed E-state index contributed by atoms with van der Waals surface area (Å²) in [5, 5.41) is 3.21. The molecule has 1 aromatic heterocycles. The molecule has 7 heteroatoms. The van der Waals surface area contributed by atoms with Gasteiger partial charge in [0.25, 0.3) is 0 Å². The van der Waals surface area contributed by atoms with Crippen LogP contribution in [-0.4, -0.2) is 34.2 Å². The summed E-state index contributed by atoms with van der Waals surface area (Å²) < 4.78 is 0.995. The lowest BCUT2D eigenvalue weighted by Gasteiger charge is -2.19. The molecule has 0 unspecified atom stereocenters. The number of nitrogens with one attached hydrogen (secondary N) is 1. The van der Waals surface area contributed by atoms with E-state index in [0.717, 1.165) is 46.4 Å². The Kier molecular flexibility index (Phi) is 4.03. The highest BCUT2D eigenvalue weighted by atomic mass is 32.1. The second kappa shape index (κ2) is 6.22. The molecule has 0 radical (unpaired) electrons. The van der Waals surface area contributed by atoms with Crippen molar-refractivity contribution in [2.45, 2.75) is 32.6 Å². The molecule has 1 N–H and O–H groups in total. The van der Waals surface area contributed by atoms with Gasteiger partial charge in [0.1, 0.15) is 6.54 Å². The number of amides is 3. The Morgan fingerprint density at radius 3 is 2.60 bits per heavy atom. The normalized spacial score (nSPS) is 23.2. The van der Waals surface area contributed by atoms with Gasteiger partial charge >= 0.3 is 0 Å². The second-order valence-electron chi connectivity index (χ2n) is 6.80. The first-order valence-electron chi connectivity index (χ1n) is 8.55. The smallest absolute Gasteiger partial charge is 0.246 e. The number of fused-ring (bicyclic) bond motifs is 2. The van der Waals surface area contributed by atoms with Gasteiger partial charge in [0.2, 0.25) is 17.7 Å². The summed E-state index contributed by atoms with van der Waals surface area (Å²) in [6.07, 6.45) is 3.46. The molecule has 2 fully saturated rings. The minimum atomic E-state index is -0.379. The predicted octanol–water partition coefficient (Wildman–Crippen LogP) is 2.72. The maximum atomic E-state index is 12.4. The van der Waals surface area contributed by atoms with Crippen LogP contribution in [0.4, 0.5) is 5.13 Å². The van der Waals surface area contributed by atoms with Crippen LogP contribution < -0.4 is 5.32 Å². The SMILES string of the molecule is Cc1ccc2nc(NC(=O)CN3C(=O)[C@@H]4CCCC[C@H]4C3=O)sc2c1. The number of hydrogen-bond donors (Lipinski definition) is 1. The van der Waals surface area contributed by atoms with Gasteiger partial charge in [0.15, 0.2) is 5.13 Å². The molecule has 1 aromatic carbocycles. The number of anilines is 1. The Morgan fingerprint density at radius 2 is 1.92 bits per heavy atom. The van der Waals surface area contributed by atoms with Crippen molar-refractivity contribution in [3.63, 3.8) is 0 Å². The predicted molar refractivity (Wildman–Crippen MR) is 95.2 cm³/mol. The van der Waals surface area contributed by atoms with E-state index in [1.807, 2.05) is 25.1 Å². The lowest BCUT2D eigenvalue weighted by atomic mass is 9.81. The first-order valence-corrected chi connectivity index (χ1v) is 9.37. The summed E-state index contributed by atoms with van der Waals surface area (Å²) in [7, 11) is 0. The third-order valence-corrected chi connectivity index (χ3v) is 5.96. The summed E-state index contributed by atoms with van der Waals surface area (Å²) in [5.74, 6) is -1.20. The lowest BCUT2D eigenvalue weighted by Crippen LogP contribution is -2.38. The van der Waals surface area contributed by atoms with E-state index in [1.165, 1.54) is 11.3 Å². The van der Waals surface area contributed by atoms with Gasteiger partial charge < -0.3 is 5.32 Å². The molecule has 1 saturated heterocycles. The van der Waals surface area contributed by atoms with Crippen LogP contribution in [0.15, 0.2) is 18.2 Å². The summed E-state index contributed by atoms with van der Waals surface area (Å²) in [5.41, 5.74) is 1.95. The average Bonchev–Trinajstić information content (AvgIpc) is 3.09. The number of thiazole rings is 1. The molecule has 0 spiro atoms. The first-order chi connectivity index (χ1) is 12.0. The van der Waals surface area contributed by atoms with Gasteiger partial charge in [-0.1, -0.05) is 30.2 Å². The van der Waals surface area contributed by atoms with Crippen LogP contribution in [0.2, 0.25) is 0 Å². The number of imide groups is 1. The number of nitrogens with zero attached hydrogens (tertiary/aromatic N) is 2. The Balaban J connectivity index is 1.46. The van der Waals surface area contributed by atoms with Gasteiger partial charge in [-0.3, -0.25) is 19.3 Å². The molecular formula is C18H19N3O3S. The standard InChI is InChI=1S/C18H19N3O3S/c1-10-6-7-13-14(8-10)25-18(19-13)20-15(22)9-21-16(23)11-4-2-3-5-12(11)17(21)24/h6-8,11-12H,2-5,9H2,1H3,(H,19,20,22)/t11-,12-/m1/s1. The van der Waals surface area contributed by atoms with Gasteiger partial charge in [0, 0.05) is 0 Å². The quantitative estimate of drug-likeness (QED) is 0.857. The maximum absolute atomic E-state index is 12.4. The van der Waals surface area contributed by atoms with Crippen molar-refractivity contribution in [1.29, 1.82) is 0 Å². The van der Waals surface area contributed by atoms with Crippen LogP contribution in [0.25, 0.3) is 10.2 Å². The Hall–Kier alpha value is -2.28. The van der Waals surface area contributed by atoms with Gasteiger partial charge in [-0.2, -0.15) is 0 Å². The van der Waals surface area contributed by atoms with Crippen LogP contribution >= 0.6 is 11.3 Å². The molecule has 6 nitrogen and oxygen atoms in total. The number of aryl methyl sites for hydroxylation is 1. The fraction of sp³-hybridized carbons (Fsp3) is 0.444. The molecule has 130 valence electrons. The summed E-state index contributed by atoms with van der Waals surface area (Å²) >= 11 is 1.39. The van der Waals surface area contributed by atoms with Gasteiger partial charge in [-0.05, 0) is 37.5 Å². The molecule has 0 bridgehead atoms. The van der Waals surface area contributed by atoms with Crippen LogP contribution in [-0.2, 0) is 14.4 Å². The van der Waals surface area contributed by atoms with E-state index in [9.17, 15) is 14.4 Å². The third-order valence-electron chi connectivity index (χ3n) is 5.02. The van der Waals surface area contributed by atoms with Gasteiger partial charge in [-0.15, -0.1) is 0 Å². The second-order valence-corrected chi connectivity index (χ2v) is 7.83. The minimum absolute atomic E-state index is 0.190. The number of benzene rings is 1. The highest BCUT2D eigenvalue weighted by molar-refractivity contribution is 7.22. The molecule has 25 heavy (non-hydrogen) atoms. The fourth-order valence-electron chi connectivity index (χ4n) is 3.77. The fourth-order valence-corrected chi connectivity index (χ4v) is 4.75. The number of hydrogen-bond acceptors (Lipinski definition) is 5. The largest absolute Gasteiger partial charge is 0.300 e. The van der Waals surface area contributed by atoms with Crippen molar-refractivity contribution in [2.75, 3.05) is 11.9 Å². The monoisotopic (exact) mass is 357 g/mol. The van der Waals surface area contributed by atoms with Crippen molar-refractivity contribution < 1.29 is 14.4 Å². The van der Waals surface area contributed by atoms with E-state index < -0.39 is 0 Å². The van der Waals surface area contributed by atoms with E-state index in [0.29, 0.717) is 5.13 Å². The Bertz CT molecular complexity index is 852. The number of likely N-dealkylation sites (tertiary alicyclic amines) is 1. The van der Waals surface area contributed by atoms with Crippen molar-refractivity contribution in [3.05, 3.63) is 23.8 Å². The molecule has 1 aliphatic heterocycles. The van der Waals surface area contributed by atoms with Crippen LogP contribution in [0, 0.1) is 18.8 Å². The molecule has 2 atom stereocenters. The maximum Gasteiger partial charge on any atom is 0.246 e. The Morgan fingerprint density at radius 1 is 1.24 bits per heavy atom. The highest BCUT2D eigenvalue weighted by Gasteiger charge is 2.48. The summed E-state index contributed by atoms with van der Waals surface area (Å²) in [6, 6.07) is 5.90. The topological polar surface area (TPSA) is 79.4 Å². The van der Waals surface area contributed by atoms with Crippen molar-refractivity contribution in [2.24, 2.45) is 11.8 Å². The van der Waals surface area contributed by atoms with Crippen molar-refractivity contribution >= 4 is 44.4 Å². The molecule has 2 aromatic rings. The highest BCUT2D eigenvalue weighted by Crippen LogP contribution is 2.38. The molecule has 4 rings (SSSR count). The van der Waals surface area contributed by atoms with E-state index in [-0.39, 0.29) is 36.1 Å². The van der Waals surface area contributed by atoms with Gasteiger partial charge in [0.05, 0.1) is 22.1 Å². The van der Waals surface area contributed by atoms with Crippen LogP contribution in [0.3, 0.4) is 0 Å². The number of aromatic nitrogens is 1. The Labute approximate surface area is 149 Å². The van der Waals surface area contributed by atoms with E-state index in [4.69, 9.17) is 0 Å². The van der Waals surface area contributed by atoms with Crippen LogP contribution in [0.5, 0.6) is 0 Å². The number of carbonyl (C=O) groups excluding carboxylic acids is 3. The zero-order chi connectivity index (χ0) is 17.6. The van der Waals surface area contributed by atoms with E-state index >= 15 is 0 Å². The van der Waals surface area contributed by atoms with Crippen LogP contribution in [0.1, 0.15) is 31.2 Å². The molecule has 2 aliphatic rings. The summed E-state index contributed by atoms with van der Waals surface area (Å²) in [4.78, 5) is 42.7. The third kappa shape index (κ3) is 2.93. The molecular weight excluding hydrogens is 338 g/mol. The molecule has 3 amide bonds. The van der Waals surface area contributed by atoms with Gasteiger partial charge in [-0.25, -0.2) is 4.98 Å². The first kappa shape index (κ1) is 16.2. The number of rotatable bonds is 3. The zero-order valence-corrected chi connectivity index (χ0v) is 14.8. The summed E-state index contributed by atoms with van der Waals surface area (Å²) in [6.45, 7) is 1.78. The average molecular weight is 357 g/mol. The molecule has 1 aliphatic carbocycles. The van der Waals surface area contributed by atoms with Crippen molar-refractivity contribution in [1.82, 2.24) is 9.88 Å². The molecule has 2 heterocycles. The zero-order valence-electron chi connectivity index (χ0n) is 13.9. The van der Waals surface area contributed by atoms with E-state index in [2.05, 4.69) is 10.3 Å². The van der Waals surface area contributed by atoms with E-state index in [1.54, 1.807) is 0 Å². The number of carbonyl (C=O) groups is 3. The minimum Gasteiger partial charge on any atom is -0.300 e. The lowest BCUT2D eigenvalue weighted by molar-refractivity contribution is -0.142. The molecule has 1 saturated carbocycles. The van der Waals surface area contributed by atoms with Crippen molar-refractivity contribution in [3.8, 4) is 0 Å².